The van der Waals surface area contributed by atoms with E-state index in [1.165, 1.54) is 6.07 Å². The molecule has 0 fully saturated rings. The van der Waals surface area contributed by atoms with Crippen molar-refractivity contribution < 1.29 is 9.13 Å². The SMILES string of the molecule is CCOc1cccc(NC(=S)NCCSCc2c(F)cccc2Cl)c1. The molecule has 2 aromatic carbocycles. The van der Waals surface area contributed by atoms with E-state index in [-0.39, 0.29) is 5.82 Å². The molecule has 7 heteroatoms. The van der Waals surface area contributed by atoms with Crippen LogP contribution in [0, 0.1) is 5.82 Å². The Morgan fingerprint density at radius 2 is 2.08 bits per heavy atom. The predicted octanol–water partition coefficient (Wildman–Crippen LogP) is 5.10. The average Bonchev–Trinajstić information content (AvgIpc) is 2.57. The fourth-order valence-corrected chi connectivity index (χ4v) is 3.50. The van der Waals surface area contributed by atoms with Gasteiger partial charge in [0, 0.05) is 40.4 Å². The highest BCUT2D eigenvalue weighted by molar-refractivity contribution is 7.98. The lowest BCUT2D eigenvalue weighted by Gasteiger charge is -2.12. The molecule has 0 bridgehead atoms. The zero-order valence-corrected chi connectivity index (χ0v) is 16.2. The van der Waals surface area contributed by atoms with Gasteiger partial charge in [0.05, 0.1) is 6.61 Å². The van der Waals surface area contributed by atoms with Crippen molar-refractivity contribution in [3.63, 3.8) is 0 Å². The maximum absolute atomic E-state index is 13.7. The fraction of sp³-hybridized carbons (Fsp3) is 0.278. The van der Waals surface area contributed by atoms with Gasteiger partial charge in [-0.1, -0.05) is 23.7 Å². The first-order valence-electron chi connectivity index (χ1n) is 7.88. The third-order valence-corrected chi connectivity index (χ3v) is 4.83. The van der Waals surface area contributed by atoms with Gasteiger partial charge in [0.25, 0.3) is 0 Å². The van der Waals surface area contributed by atoms with Crippen molar-refractivity contribution in [3.05, 3.63) is 58.9 Å². The van der Waals surface area contributed by atoms with E-state index in [2.05, 4.69) is 10.6 Å². The molecule has 0 saturated carbocycles. The number of anilines is 1. The van der Waals surface area contributed by atoms with Crippen molar-refractivity contribution >= 4 is 46.4 Å². The summed E-state index contributed by atoms with van der Waals surface area (Å²) >= 11 is 12.9. The summed E-state index contributed by atoms with van der Waals surface area (Å²) in [6.45, 7) is 3.24. The van der Waals surface area contributed by atoms with Crippen LogP contribution in [0.4, 0.5) is 10.1 Å². The fourth-order valence-electron chi connectivity index (χ4n) is 2.09. The van der Waals surface area contributed by atoms with Gasteiger partial charge in [0.1, 0.15) is 11.6 Å². The van der Waals surface area contributed by atoms with Crippen molar-refractivity contribution in [2.24, 2.45) is 0 Å². The molecular weight excluding hydrogens is 379 g/mol. The number of rotatable bonds is 8. The molecule has 25 heavy (non-hydrogen) atoms. The Balaban J connectivity index is 1.69. The highest BCUT2D eigenvalue weighted by Gasteiger charge is 2.06. The minimum absolute atomic E-state index is 0.265. The largest absolute Gasteiger partial charge is 0.494 e. The summed E-state index contributed by atoms with van der Waals surface area (Å²) in [5.41, 5.74) is 1.41. The Labute approximate surface area is 162 Å². The molecule has 0 aromatic heterocycles. The summed E-state index contributed by atoms with van der Waals surface area (Å²) in [5, 5.41) is 7.25. The average molecular weight is 399 g/mol. The van der Waals surface area contributed by atoms with E-state index in [0.717, 1.165) is 17.2 Å². The Hall–Kier alpha value is -1.50. The molecule has 0 amide bonds. The molecule has 0 aliphatic rings. The number of nitrogens with one attached hydrogen (secondary N) is 2. The number of hydrogen-bond acceptors (Lipinski definition) is 3. The second-order valence-corrected chi connectivity index (χ2v) is 7.02. The quantitative estimate of drug-likeness (QED) is 0.477. The molecule has 0 aliphatic heterocycles. The van der Waals surface area contributed by atoms with Gasteiger partial charge in [0.2, 0.25) is 0 Å². The first-order chi connectivity index (χ1) is 12.1. The van der Waals surface area contributed by atoms with E-state index in [0.29, 0.717) is 34.6 Å². The molecule has 0 saturated heterocycles. The molecule has 0 heterocycles. The maximum atomic E-state index is 13.7. The summed E-state index contributed by atoms with van der Waals surface area (Å²) in [6, 6.07) is 12.4. The normalized spacial score (nSPS) is 10.4. The third kappa shape index (κ3) is 6.72. The third-order valence-electron chi connectivity index (χ3n) is 3.24. The van der Waals surface area contributed by atoms with E-state index < -0.39 is 0 Å². The van der Waals surface area contributed by atoms with E-state index in [1.54, 1.807) is 23.9 Å². The van der Waals surface area contributed by atoms with Gasteiger partial charge in [0.15, 0.2) is 5.11 Å². The molecule has 0 atom stereocenters. The summed E-state index contributed by atoms with van der Waals surface area (Å²) in [7, 11) is 0. The first-order valence-corrected chi connectivity index (χ1v) is 9.82. The van der Waals surface area contributed by atoms with Crippen molar-refractivity contribution in [1.29, 1.82) is 0 Å². The van der Waals surface area contributed by atoms with Gasteiger partial charge in [-0.25, -0.2) is 4.39 Å². The number of halogens is 2. The van der Waals surface area contributed by atoms with Crippen molar-refractivity contribution in [2.45, 2.75) is 12.7 Å². The summed E-state index contributed by atoms with van der Waals surface area (Å²) < 4.78 is 19.1. The molecule has 134 valence electrons. The molecular formula is C18H20ClFN2OS2. The molecule has 3 nitrogen and oxygen atoms in total. The highest BCUT2D eigenvalue weighted by Crippen LogP contribution is 2.23. The van der Waals surface area contributed by atoms with Crippen LogP contribution in [0.2, 0.25) is 5.02 Å². The second kappa shape index (κ2) is 10.5. The Bertz CT molecular complexity index is 695. The van der Waals surface area contributed by atoms with Gasteiger partial charge in [-0.2, -0.15) is 11.8 Å². The van der Waals surface area contributed by atoms with E-state index >= 15 is 0 Å². The van der Waals surface area contributed by atoms with Crippen LogP contribution in [0.1, 0.15) is 12.5 Å². The van der Waals surface area contributed by atoms with Crippen LogP contribution in [-0.4, -0.2) is 24.0 Å². The summed E-state index contributed by atoms with van der Waals surface area (Å²) in [6.07, 6.45) is 0. The number of benzene rings is 2. The van der Waals surface area contributed by atoms with Gasteiger partial charge in [-0.3, -0.25) is 0 Å². The van der Waals surface area contributed by atoms with Crippen LogP contribution in [0.3, 0.4) is 0 Å². The lowest BCUT2D eigenvalue weighted by molar-refractivity contribution is 0.340. The Kier molecular flexibility index (Phi) is 8.31. The molecule has 0 radical (unpaired) electrons. The van der Waals surface area contributed by atoms with Crippen molar-refractivity contribution in [1.82, 2.24) is 5.32 Å². The number of thioether (sulfide) groups is 1. The van der Waals surface area contributed by atoms with E-state index in [9.17, 15) is 4.39 Å². The maximum Gasteiger partial charge on any atom is 0.170 e. The highest BCUT2D eigenvalue weighted by atomic mass is 35.5. The Morgan fingerprint density at radius 1 is 1.28 bits per heavy atom. The van der Waals surface area contributed by atoms with E-state index in [1.807, 2.05) is 31.2 Å². The smallest absolute Gasteiger partial charge is 0.170 e. The minimum Gasteiger partial charge on any atom is -0.494 e. The number of thiocarbonyl (C=S) groups is 1. The zero-order valence-electron chi connectivity index (χ0n) is 13.9. The van der Waals surface area contributed by atoms with E-state index in [4.69, 9.17) is 28.6 Å². The monoisotopic (exact) mass is 398 g/mol. The van der Waals surface area contributed by atoms with Gasteiger partial charge in [-0.05, 0) is 43.4 Å². The summed E-state index contributed by atoms with van der Waals surface area (Å²) in [4.78, 5) is 0. The van der Waals surface area contributed by atoms with Crippen molar-refractivity contribution in [2.75, 3.05) is 24.2 Å². The molecule has 2 N–H and O–H groups in total. The van der Waals surface area contributed by atoms with Crippen LogP contribution in [0.5, 0.6) is 5.75 Å². The summed E-state index contributed by atoms with van der Waals surface area (Å²) in [5.74, 6) is 1.85. The lowest BCUT2D eigenvalue weighted by Crippen LogP contribution is -2.30. The second-order valence-electron chi connectivity index (χ2n) is 5.09. The predicted molar refractivity (Wildman–Crippen MR) is 109 cm³/mol. The van der Waals surface area contributed by atoms with Gasteiger partial charge < -0.3 is 15.4 Å². The number of hydrogen-bond donors (Lipinski definition) is 2. The molecule has 2 aromatic rings. The van der Waals surface area contributed by atoms with Crippen molar-refractivity contribution in [3.8, 4) is 5.75 Å². The number of ether oxygens (including phenoxy) is 1. The molecule has 0 unspecified atom stereocenters. The molecule has 2 rings (SSSR count). The molecule has 0 aliphatic carbocycles. The topological polar surface area (TPSA) is 33.3 Å². The van der Waals surface area contributed by atoms with Crippen LogP contribution in [0.25, 0.3) is 0 Å². The van der Waals surface area contributed by atoms with Crippen LogP contribution >= 0.6 is 35.6 Å². The zero-order chi connectivity index (χ0) is 18.1. The Morgan fingerprint density at radius 3 is 2.84 bits per heavy atom. The molecule has 0 spiro atoms. The minimum atomic E-state index is -0.265. The standard InChI is InChI=1S/C18H20ClFN2OS2/c1-2-23-14-6-3-5-13(11-14)22-18(24)21-9-10-25-12-15-16(19)7-4-8-17(15)20/h3-8,11H,2,9-10,12H2,1H3,(H2,21,22,24). The van der Waals surface area contributed by atoms with Gasteiger partial charge in [-0.15, -0.1) is 0 Å². The van der Waals surface area contributed by atoms with Crippen LogP contribution in [-0.2, 0) is 5.75 Å². The van der Waals surface area contributed by atoms with Crippen LogP contribution < -0.4 is 15.4 Å². The lowest BCUT2D eigenvalue weighted by atomic mass is 10.2. The van der Waals surface area contributed by atoms with Gasteiger partial charge >= 0.3 is 0 Å². The van der Waals surface area contributed by atoms with Crippen LogP contribution in [0.15, 0.2) is 42.5 Å². The first kappa shape index (κ1) is 19.8.